The minimum absolute atomic E-state index is 0.199. The van der Waals surface area contributed by atoms with Gasteiger partial charge in [0.05, 0.1) is 4.47 Å². The third-order valence-corrected chi connectivity index (χ3v) is 3.61. The number of hydrogen-bond donors (Lipinski definition) is 1. The summed E-state index contributed by atoms with van der Waals surface area (Å²) >= 11 is 3.18. The Balaban J connectivity index is 2.11. The highest BCUT2D eigenvalue weighted by molar-refractivity contribution is 9.10. The fourth-order valence-electron chi connectivity index (χ4n) is 2.04. The molecule has 3 heteroatoms. The molecule has 15 heavy (non-hydrogen) atoms. The van der Waals surface area contributed by atoms with Gasteiger partial charge in [0.25, 0.3) is 0 Å². The predicted octanol–water partition coefficient (Wildman–Crippen LogP) is 4.11. The maximum absolute atomic E-state index is 13.3. The van der Waals surface area contributed by atoms with Crippen LogP contribution in [0.25, 0.3) is 0 Å². The maximum Gasteiger partial charge on any atom is 0.139 e. The zero-order valence-electron chi connectivity index (χ0n) is 8.98. The Bertz CT molecular complexity index is 372. The summed E-state index contributed by atoms with van der Waals surface area (Å²) in [7, 11) is 0. The summed E-state index contributed by atoms with van der Waals surface area (Å²) in [6.07, 6.45) is 2.38. The molecule has 0 aromatic heterocycles. The highest BCUT2D eigenvalue weighted by Crippen LogP contribution is 2.31. The van der Waals surface area contributed by atoms with Gasteiger partial charge in [-0.2, -0.15) is 0 Å². The minimum atomic E-state index is -0.199. The second kappa shape index (κ2) is 4.12. The largest absolute Gasteiger partial charge is 0.382 e. The van der Waals surface area contributed by atoms with E-state index in [0.717, 1.165) is 17.2 Å². The van der Waals surface area contributed by atoms with E-state index in [-0.39, 0.29) is 5.82 Å². The van der Waals surface area contributed by atoms with Gasteiger partial charge in [0.15, 0.2) is 0 Å². The van der Waals surface area contributed by atoms with Gasteiger partial charge in [-0.1, -0.05) is 6.92 Å². The molecule has 0 bridgehead atoms. The van der Waals surface area contributed by atoms with Crippen LogP contribution >= 0.6 is 15.9 Å². The lowest BCUT2D eigenvalue weighted by molar-refractivity contribution is 0.309. The number of benzene rings is 1. The third kappa shape index (κ3) is 2.33. The minimum Gasteiger partial charge on any atom is -0.382 e. The van der Waals surface area contributed by atoms with Crippen molar-refractivity contribution in [3.05, 3.63) is 28.0 Å². The smallest absolute Gasteiger partial charge is 0.139 e. The molecule has 1 nitrogen and oxygen atoms in total. The maximum atomic E-state index is 13.3. The van der Waals surface area contributed by atoms with Crippen LogP contribution in [-0.2, 0) is 0 Å². The SMILES string of the molecule is Cc1cc(Br)c(F)cc1NC1CC(C)C1. The molecule has 1 aromatic rings. The zero-order valence-corrected chi connectivity index (χ0v) is 10.6. The van der Waals surface area contributed by atoms with Crippen molar-refractivity contribution in [3.8, 4) is 0 Å². The van der Waals surface area contributed by atoms with E-state index in [1.807, 2.05) is 13.0 Å². The molecule has 0 spiro atoms. The molecule has 0 saturated heterocycles. The van der Waals surface area contributed by atoms with Crippen molar-refractivity contribution in [2.24, 2.45) is 5.92 Å². The average molecular weight is 272 g/mol. The lowest BCUT2D eigenvalue weighted by atomic mass is 9.81. The van der Waals surface area contributed by atoms with Gasteiger partial charge in [0.1, 0.15) is 5.82 Å². The van der Waals surface area contributed by atoms with Gasteiger partial charge in [0, 0.05) is 11.7 Å². The Morgan fingerprint density at radius 3 is 2.67 bits per heavy atom. The molecule has 2 rings (SSSR count). The first kappa shape index (κ1) is 10.9. The molecule has 1 aromatic carbocycles. The van der Waals surface area contributed by atoms with Gasteiger partial charge in [-0.3, -0.25) is 0 Å². The van der Waals surface area contributed by atoms with Crippen molar-refractivity contribution >= 4 is 21.6 Å². The number of halogens is 2. The summed E-state index contributed by atoms with van der Waals surface area (Å²) in [5, 5.41) is 3.38. The Hall–Kier alpha value is -0.570. The molecule has 0 atom stereocenters. The monoisotopic (exact) mass is 271 g/mol. The van der Waals surface area contributed by atoms with E-state index in [0.29, 0.717) is 10.5 Å². The van der Waals surface area contributed by atoms with Gasteiger partial charge in [-0.25, -0.2) is 4.39 Å². The number of rotatable bonds is 2. The summed E-state index contributed by atoms with van der Waals surface area (Å²) in [5.41, 5.74) is 2.01. The second-order valence-electron chi connectivity index (χ2n) is 4.50. The van der Waals surface area contributed by atoms with Crippen molar-refractivity contribution in [1.29, 1.82) is 0 Å². The molecule has 0 amide bonds. The van der Waals surface area contributed by atoms with Crippen molar-refractivity contribution in [3.63, 3.8) is 0 Å². The fourth-order valence-corrected chi connectivity index (χ4v) is 2.50. The van der Waals surface area contributed by atoms with Crippen LogP contribution in [0.15, 0.2) is 16.6 Å². The van der Waals surface area contributed by atoms with Crippen LogP contribution in [0.5, 0.6) is 0 Å². The zero-order chi connectivity index (χ0) is 11.0. The lowest BCUT2D eigenvalue weighted by Gasteiger charge is -2.34. The Morgan fingerprint density at radius 2 is 2.07 bits per heavy atom. The van der Waals surface area contributed by atoms with Crippen molar-refractivity contribution in [2.45, 2.75) is 32.7 Å². The van der Waals surface area contributed by atoms with Gasteiger partial charge in [0.2, 0.25) is 0 Å². The predicted molar refractivity (Wildman–Crippen MR) is 64.6 cm³/mol. The van der Waals surface area contributed by atoms with Crippen LogP contribution in [0.4, 0.5) is 10.1 Å². The standard InChI is InChI=1S/C12H15BrFN/c1-7-3-9(4-7)15-12-6-11(14)10(13)5-8(12)2/h5-7,9,15H,3-4H2,1-2H3. The van der Waals surface area contributed by atoms with Crippen LogP contribution in [0.1, 0.15) is 25.3 Å². The Labute approximate surface area is 98.2 Å². The third-order valence-electron chi connectivity index (χ3n) is 3.00. The van der Waals surface area contributed by atoms with E-state index in [4.69, 9.17) is 0 Å². The molecular weight excluding hydrogens is 257 g/mol. The van der Waals surface area contributed by atoms with Crippen molar-refractivity contribution < 1.29 is 4.39 Å². The number of hydrogen-bond acceptors (Lipinski definition) is 1. The first-order valence-corrected chi connectivity index (χ1v) is 6.07. The molecule has 1 aliphatic carbocycles. The fraction of sp³-hybridized carbons (Fsp3) is 0.500. The highest BCUT2D eigenvalue weighted by Gasteiger charge is 2.25. The van der Waals surface area contributed by atoms with E-state index < -0.39 is 0 Å². The summed E-state index contributed by atoms with van der Waals surface area (Å²) < 4.78 is 13.9. The van der Waals surface area contributed by atoms with Crippen LogP contribution in [0.2, 0.25) is 0 Å². The van der Waals surface area contributed by atoms with Crippen LogP contribution in [0, 0.1) is 18.7 Å². The van der Waals surface area contributed by atoms with E-state index in [9.17, 15) is 4.39 Å². The number of aryl methyl sites for hydroxylation is 1. The second-order valence-corrected chi connectivity index (χ2v) is 5.35. The van der Waals surface area contributed by atoms with Crippen LogP contribution in [-0.4, -0.2) is 6.04 Å². The summed E-state index contributed by atoms with van der Waals surface area (Å²) in [5.74, 6) is 0.610. The Kier molecular flexibility index (Phi) is 3.01. The molecule has 1 aliphatic rings. The van der Waals surface area contributed by atoms with E-state index in [1.54, 1.807) is 6.07 Å². The molecule has 0 aliphatic heterocycles. The van der Waals surface area contributed by atoms with Crippen molar-refractivity contribution in [2.75, 3.05) is 5.32 Å². The van der Waals surface area contributed by atoms with Crippen molar-refractivity contribution in [1.82, 2.24) is 0 Å². The molecule has 1 N–H and O–H groups in total. The van der Waals surface area contributed by atoms with E-state index >= 15 is 0 Å². The van der Waals surface area contributed by atoms with E-state index in [2.05, 4.69) is 28.2 Å². The summed E-state index contributed by atoms with van der Waals surface area (Å²) in [6.45, 7) is 4.24. The summed E-state index contributed by atoms with van der Waals surface area (Å²) in [6, 6.07) is 3.92. The molecule has 0 heterocycles. The van der Waals surface area contributed by atoms with Crippen LogP contribution in [0.3, 0.4) is 0 Å². The first-order chi connectivity index (χ1) is 7.06. The normalized spacial score (nSPS) is 24.8. The van der Waals surface area contributed by atoms with E-state index in [1.165, 1.54) is 12.8 Å². The quantitative estimate of drug-likeness (QED) is 0.854. The molecule has 0 unspecified atom stereocenters. The molecule has 1 fully saturated rings. The molecule has 82 valence electrons. The van der Waals surface area contributed by atoms with Gasteiger partial charge in [-0.15, -0.1) is 0 Å². The highest BCUT2D eigenvalue weighted by atomic mass is 79.9. The average Bonchev–Trinajstić information content (AvgIpc) is 2.11. The molecular formula is C12H15BrFN. The van der Waals surface area contributed by atoms with Gasteiger partial charge < -0.3 is 5.32 Å². The molecule has 0 radical (unpaired) electrons. The topological polar surface area (TPSA) is 12.0 Å². The summed E-state index contributed by atoms with van der Waals surface area (Å²) in [4.78, 5) is 0. The number of nitrogens with one attached hydrogen (secondary N) is 1. The van der Waals surface area contributed by atoms with Gasteiger partial charge >= 0.3 is 0 Å². The van der Waals surface area contributed by atoms with Gasteiger partial charge in [-0.05, 0) is 59.3 Å². The Morgan fingerprint density at radius 1 is 1.40 bits per heavy atom. The molecule has 1 saturated carbocycles. The van der Waals surface area contributed by atoms with Crippen LogP contribution < -0.4 is 5.32 Å². The first-order valence-electron chi connectivity index (χ1n) is 5.28. The lowest BCUT2D eigenvalue weighted by Crippen LogP contribution is -2.34. The number of anilines is 1.